The Morgan fingerprint density at radius 1 is 1.32 bits per heavy atom. The molecule has 6 nitrogen and oxygen atoms in total. The van der Waals surface area contributed by atoms with Crippen LogP contribution in [-0.2, 0) is 14.4 Å². The van der Waals surface area contributed by atoms with Crippen molar-refractivity contribution in [1.82, 2.24) is 15.1 Å². The summed E-state index contributed by atoms with van der Waals surface area (Å²) < 4.78 is 0. The first-order valence-corrected chi connectivity index (χ1v) is 8.53. The number of carbonyl (C=O) groups excluding carboxylic acids is 3. The molecule has 0 bridgehead atoms. The normalized spacial score (nSPS) is 16.4. The van der Waals surface area contributed by atoms with Crippen molar-refractivity contribution in [1.29, 1.82) is 0 Å². The van der Waals surface area contributed by atoms with E-state index in [2.05, 4.69) is 41.4 Å². The number of nitrogens with one attached hydrogen (secondary N) is 1. The van der Waals surface area contributed by atoms with Gasteiger partial charge in [0.2, 0.25) is 18.7 Å². The second-order valence-electron chi connectivity index (χ2n) is 6.64. The minimum absolute atomic E-state index is 0.0647. The summed E-state index contributed by atoms with van der Waals surface area (Å²) >= 11 is 0. The molecule has 1 N–H and O–H groups in total. The number of hydrogen-bond acceptors (Lipinski definition) is 4. The Hall–Kier alpha value is -2.21. The number of rotatable bonds is 10. The molecule has 25 heavy (non-hydrogen) atoms. The Balaban J connectivity index is 2.78. The van der Waals surface area contributed by atoms with Crippen molar-refractivity contribution in [2.75, 3.05) is 20.6 Å². The van der Waals surface area contributed by atoms with Crippen molar-refractivity contribution in [3.63, 3.8) is 0 Å². The average molecular weight is 347 g/mol. The number of carbonyl (C=O) groups is 3. The number of hydrogen-bond donors (Lipinski definition) is 1. The maximum atomic E-state index is 11.6. The second-order valence-corrected chi connectivity index (χ2v) is 6.64. The van der Waals surface area contributed by atoms with Gasteiger partial charge in [0.15, 0.2) is 0 Å². The molecule has 1 rings (SSSR count). The zero-order valence-electron chi connectivity index (χ0n) is 15.6. The lowest BCUT2D eigenvalue weighted by molar-refractivity contribution is -0.126. The lowest BCUT2D eigenvalue weighted by Gasteiger charge is -2.33. The van der Waals surface area contributed by atoms with E-state index in [0.29, 0.717) is 19.4 Å². The zero-order chi connectivity index (χ0) is 18.8. The molecule has 2 atom stereocenters. The Morgan fingerprint density at radius 2 is 2.04 bits per heavy atom. The Kier molecular flexibility index (Phi) is 8.84. The van der Waals surface area contributed by atoms with Crippen LogP contribution in [0, 0.1) is 0 Å². The summed E-state index contributed by atoms with van der Waals surface area (Å²) in [5.41, 5.74) is 2.45. The van der Waals surface area contributed by atoms with Gasteiger partial charge in [0.1, 0.15) is 0 Å². The molecule has 0 aromatic carbocycles. The summed E-state index contributed by atoms with van der Waals surface area (Å²) in [5, 5.41) is 2.12. The molecule has 0 saturated heterocycles. The molecular weight excluding hydrogens is 318 g/mol. The van der Waals surface area contributed by atoms with Crippen LogP contribution in [-0.4, -0.2) is 61.3 Å². The first-order chi connectivity index (χ1) is 11.9. The average Bonchev–Trinajstić information content (AvgIpc) is 2.78. The molecule has 138 valence electrons. The van der Waals surface area contributed by atoms with Crippen LogP contribution >= 0.6 is 0 Å². The molecule has 0 saturated carbocycles. The van der Waals surface area contributed by atoms with Crippen molar-refractivity contribution in [2.45, 2.75) is 45.2 Å². The number of nitrogens with zero attached hydrogens (tertiary/aromatic N) is 2. The molecule has 0 radical (unpaired) electrons. The molecule has 2 unspecified atom stereocenters. The van der Waals surface area contributed by atoms with E-state index < -0.39 is 0 Å². The van der Waals surface area contributed by atoms with Gasteiger partial charge in [0, 0.05) is 19.0 Å². The minimum Gasteiger partial charge on any atom is -0.341 e. The van der Waals surface area contributed by atoms with Crippen LogP contribution in [0.15, 0.2) is 35.5 Å². The van der Waals surface area contributed by atoms with Crippen molar-refractivity contribution < 1.29 is 14.4 Å². The highest BCUT2D eigenvalue weighted by molar-refractivity contribution is 5.85. The molecule has 6 heteroatoms. The smallest absolute Gasteiger partial charge is 0.226 e. The Bertz CT molecular complexity index is 564. The summed E-state index contributed by atoms with van der Waals surface area (Å²) in [5.74, 6) is -0.327. The summed E-state index contributed by atoms with van der Waals surface area (Å²) in [6.45, 7) is 4.55. The monoisotopic (exact) mass is 347 g/mol. The molecule has 0 aromatic heterocycles. The van der Waals surface area contributed by atoms with Crippen molar-refractivity contribution in [3.8, 4) is 0 Å². The lowest BCUT2D eigenvalue weighted by atomic mass is 10.0. The van der Waals surface area contributed by atoms with Gasteiger partial charge in [-0.15, -0.1) is 0 Å². The summed E-state index contributed by atoms with van der Waals surface area (Å²) in [6, 6.07) is -0.0279. The third-order valence-electron chi connectivity index (χ3n) is 4.41. The topological polar surface area (TPSA) is 69.7 Å². The maximum Gasteiger partial charge on any atom is 0.226 e. The van der Waals surface area contributed by atoms with Crippen LogP contribution in [0.2, 0.25) is 0 Å². The predicted molar refractivity (Wildman–Crippen MR) is 98.7 cm³/mol. The standard InChI is InChI=1S/C19H29N3O3/c1-15-6-5-7-17(10-8-15)18(21(3)4)12-22(14-24)16(2)9-11-19(25)20-13-23/h5,7-8,10,13-14,16,18H,6,9,11-12H2,1-4H3,(H,20,23,25). The van der Waals surface area contributed by atoms with Gasteiger partial charge in [0.25, 0.3) is 0 Å². The fraction of sp³-hybridized carbons (Fsp3) is 0.526. The van der Waals surface area contributed by atoms with E-state index in [9.17, 15) is 14.4 Å². The zero-order valence-corrected chi connectivity index (χ0v) is 15.6. The Labute approximate surface area is 150 Å². The molecule has 1 aliphatic rings. The number of allylic oxidation sites excluding steroid dienone is 4. The van der Waals surface area contributed by atoms with Gasteiger partial charge in [-0.2, -0.15) is 0 Å². The highest BCUT2D eigenvalue weighted by atomic mass is 16.2. The Morgan fingerprint density at radius 3 is 2.64 bits per heavy atom. The number of imide groups is 1. The van der Waals surface area contributed by atoms with E-state index in [4.69, 9.17) is 0 Å². The SMILES string of the molecule is CC1=CC=C(C(CN(C=O)C(C)CCC(=O)NC=O)N(C)C)C=CC1. The number of likely N-dealkylation sites (N-methyl/N-ethyl adjacent to an activating group) is 1. The van der Waals surface area contributed by atoms with Crippen LogP contribution in [0.5, 0.6) is 0 Å². The molecule has 0 spiro atoms. The van der Waals surface area contributed by atoms with Crippen LogP contribution < -0.4 is 5.32 Å². The first kappa shape index (κ1) is 20.8. The highest BCUT2D eigenvalue weighted by Gasteiger charge is 2.22. The largest absolute Gasteiger partial charge is 0.341 e. The van der Waals surface area contributed by atoms with Gasteiger partial charge in [-0.25, -0.2) is 0 Å². The van der Waals surface area contributed by atoms with Crippen LogP contribution in [0.25, 0.3) is 0 Å². The fourth-order valence-electron chi connectivity index (χ4n) is 2.70. The van der Waals surface area contributed by atoms with Crippen LogP contribution in [0.1, 0.15) is 33.1 Å². The van der Waals surface area contributed by atoms with E-state index in [0.717, 1.165) is 18.4 Å². The van der Waals surface area contributed by atoms with Crippen LogP contribution in [0.3, 0.4) is 0 Å². The third-order valence-corrected chi connectivity index (χ3v) is 4.41. The van der Waals surface area contributed by atoms with Gasteiger partial charge in [-0.05, 0) is 46.4 Å². The molecule has 0 aliphatic heterocycles. The van der Waals surface area contributed by atoms with Crippen molar-refractivity contribution in [2.24, 2.45) is 0 Å². The number of amides is 3. The van der Waals surface area contributed by atoms with Gasteiger partial charge >= 0.3 is 0 Å². The van der Waals surface area contributed by atoms with E-state index in [1.807, 2.05) is 21.0 Å². The maximum absolute atomic E-state index is 11.6. The minimum atomic E-state index is -0.327. The van der Waals surface area contributed by atoms with Gasteiger partial charge in [-0.3, -0.25) is 19.7 Å². The predicted octanol–water partition coefficient (Wildman–Crippen LogP) is 1.65. The highest BCUT2D eigenvalue weighted by Crippen LogP contribution is 2.18. The second kappa shape index (κ2) is 10.6. The molecule has 0 heterocycles. The molecular formula is C19H29N3O3. The van der Waals surface area contributed by atoms with Crippen LogP contribution in [0.4, 0.5) is 0 Å². The van der Waals surface area contributed by atoms with E-state index in [1.165, 1.54) is 5.57 Å². The quantitative estimate of drug-likeness (QED) is 0.610. The van der Waals surface area contributed by atoms with Gasteiger partial charge < -0.3 is 9.80 Å². The molecule has 3 amide bonds. The molecule has 1 aliphatic carbocycles. The fourth-order valence-corrected chi connectivity index (χ4v) is 2.70. The first-order valence-electron chi connectivity index (χ1n) is 8.53. The van der Waals surface area contributed by atoms with Gasteiger partial charge in [0.05, 0.1) is 6.04 Å². The summed E-state index contributed by atoms with van der Waals surface area (Å²) in [6.07, 6.45) is 11.3. The van der Waals surface area contributed by atoms with Crippen molar-refractivity contribution >= 4 is 18.7 Å². The molecule has 0 fully saturated rings. The summed E-state index contributed by atoms with van der Waals surface area (Å²) in [4.78, 5) is 37.1. The molecule has 0 aromatic rings. The van der Waals surface area contributed by atoms with Gasteiger partial charge in [-0.1, -0.05) is 29.9 Å². The van der Waals surface area contributed by atoms with E-state index in [1.54, 1.807) is 4.90 Å². The van der Waals surface area contributed by atoms with E-state index in [-0.39, 0.29) is 24.4 Å². The third kappa shape index (κ3) is 7.05. The lowest BCUT2D eigenvalue weighted by Crippen LogP contribution is -2.44. The van der Waals surface area contributed by atoms with E-state index >= 15 is 0 Å². The van der Waals surface area contributed by atoms with Crippen molar-refractivity contribution in [3.05, 3.63) is 35.5 Å². The summed E-state index contributed by atoms with van der Waals surface area (Å²) in [7, 11) is 3.98.